The molecule has 1 aromatic carbocycles. The second-order valence-electron chi connectivity index (χ2n) is 5.71. The average Bonchev–Trinajstić information content (AvgIpc) is 2.98. The van der Waals surface area contributed by atoms with Gasteiger partial charge in [-0.3, -0.25) is 4.68 Å². The zero-order valence-corrected chi connectivity index (χ0v) is 17.8. The van der Waals surface area contributed by atoms with Gasteiger partial charge >= 0.3 is 0 Å². The molecule has 0 aliphatic heterocycles. The molecular weight excluding hydrogens is 450 g/mol. The molecule has 0 saturated carbocycles. The lowest BCUT2D eigenvalue weighted by molar-refractivity contribution is 0.219. The van der Waals surface area contributed by atoms with Crippen LogP contribution in [0.15, 0.2) is 35.6 Å². The van der Waals surface area contributed by atoms with Crippen LogP contribution in [0.25, 0.3) is 0 Å². The van der Waals surface area contributed by atoms with Crippen LogP contribution in [-0.2, 0) is 13.6 Å². The molecule has 1 heterocycles. The van der Waals surface area contributed by atoms with Gasteiger partial charge in [0.2, 0.25) is 0 Å². The van der Waals surface area contributed by atoms with Gasteiger partial charge in [0.25, 0.3) is 0 Å². The minimum Gasteiger partial charge on any atom is -0.486 e. The predicted molar refractivity (Wildman–Crippen MR) is 110 cm³/mol. The van der Waals surface area contributed by atoms with Gasteiger partial charge in [-0.05, 0) is 26.0 Å². The Morgan fingerprint density at radius 2 is 2.15 bits per heavy atom. The number of ether oxygens (including phenoxy) is 1. The number of rotatable bonds is 7. The fourth-order valence-corrected chi connectivity index (χ4v) is 2.23. The molecule has 144 valence electrons. The Balaban J connectivity index is 0.00000338. The topological polar surface area (TPSA) is 67.6 Å². The third kappa shape index (κ3) is 6.43. The van der Waals surface area contributed by atoms with Gasteiger partial charge in [-0.15, -0.1) is 24.0 Å². The highest BCUT2D eigenvalue weighted by Gasteiger charge is 2.12. The number of halogens is 2. The maximum Gasteiger partial charge on any atom is 0.194 e. The van der Waals surface area contributed by atoms with Crippen molar-refractivity contribution in [3.8, 4) is 5.75 Å². The monoisotopic (exact) mass is 476 g/mol. The van der Waals surface area contributed by atoms with Crippen molar-refractivity contribution >= 4 is 29.9 Å². The highest BCUT2D eigenvalue weighted by molar-refractivity contribution is 14.0. The molecule has 2 aromatic rings. The van der Waals surface area contributed by atoms with Crippen molar-refractivity contribution in [2.45, 2.75) is 26.5 Å². The van der Waals surface area contributed by atoms with Crippen LogP contribution in [0.2, 0.25) is 0 Å². The van der Waals surface area contributed by atoms with Gasteiger partial charge in [0, 0.05) is 20.6 Å². The fourth-order valence-electron chi connectivity index (χ4n) is 2.23. The molecule has 9 heteroatoms. The summed E-state index contributed by atoms with van der Waals surface area (Å²) in [6.07, 6.45) is 1.27. The number of aliphatic imine (C=N–C) groups is 1. The number of nitrogens with one attached hydrogen (secondary N) is 1. The van der Waals surface area contributed by atoms with E-state index in [-0.39, 0.29) is 41.6 Å². The van der Waals surface area contributed by atoms with Gasteiger partial charge in [-0.1, -0.05) is 12.1 Å². The molecule has 0 radical (unpaired) electrons. The first-order valence-electron chi connectivity index (χ1n) is 8.24. The number of benzene rings is 1. The standard InChI is InChI=1S/C17H25FN6O.HI/c1-5-19-17(23(3)11-16-21-12-22-24(16)4)20-10-13(2)25-15-9-7-6-8-14(15)18;/h6-9,12-13H,5,10-11H2,1-4H3,(H,19,20);1H. The van der Waals surface area contributed by atoms with Crippen LogP contribution in [-0.4, -0.2) is 51.9 Å². The molecule has 0 bridgehead atoms. The Kier molecular flexibility index (Phi) is 9.31. The second-order valence-corrected chi connectivity index (χ2v) is 5.71. The first kappa shape index (κ1) is 22.1. The first-order chi connectivity index (χ1) is 12.0. The fraction of sp³-hybridized carbons (Fsp3) is 0.471. The summed E-state index contributed by atoms with van der Waals surface area (Å²) >= 11 is 0. The zero-order valence-electron chi connectivity index (χ0n) is 15.5. The number of hydrogen-bond acceptors (Lipinski definition) is 4. The summed E-state index contributed by atoms with van der Waals surface area (Å²) < 4.78 is 21.0. The van der Waals surface area contributed by atoms with Crippen LogP contribution in [0, 0.1) is 5.82 Å². The van der Waals surface area contributed by atoms with Crippen molar-refractivity contribution < 1.29 is 9.13 Å². The van der Waals surface area contributed by atoms with E-state index in [1.165, 1.54) is 12.4 Å². The first-order valence-corrected chi connectivity index (χ1v) is 8.24. The van der Waals surface area contributed by atoms with Crippen LogP contribution in [0.5, 0.6) is 5.75 Å². The van der Waals surface area contributed by atoms with Crippen molar-refractivity contribution in [2.75, 3.05) is 20.1 Å². The maximum atomic E-state index is 13.7. The molecule has 7 nitrogen and oxygen atoms in total. The van der Waals surface area contributed by atoms with E-state index in [1.807, 2.05) is 32.8 Å². The van der Waals surface area contributed by atoms with Crippen molar-refractivity contribution in [1.82, 2.24) is 25.0 Å². The number of nitrogens with zero attached hydrogens (tertiary/aromatic N) is 5. The molecule has 0 fully saturated rings. The second kappa shape index (κ2) is 10.9. The lowest BCUT2D eigenvalue weighted by Crippen LogP contribution is -2.39. The minimum absolute atomic E-state index is 0. The number of para-hydroxylation sites is 1. The van der Waals surface area contributed by atoms with E-state index in [1.54, 1.807) is 22.9 Å². The van der Waals surface area contributed by atoms with E-state index in [4.69, 9.17) is 4.74 Å². The molecule has 1 aromatic heterocycles. The van der Waals surface area contributed by atoms with Crippen molar-refractivity contribution in [2.24, 2.45) is 12.0 Å². The predicted octanol–water partition coefficient (Wildman–Crippen LogP) is 2.44. The van der Waals surface area contributed by atoms with Crippen molar-refractivity contribution in [3.05, 3.63) is 42.2 Å². The molecule has 0 spiro atoms. The van der Waals surface area contributed by atoms with E-state index < -0.39 is 0 Å². The normalized spacial score (nSPS) is 12.3. The van der Waals surface area contributed by atoms with Gasteiger partial charge in [0.15, 0.2) is 17.5 Å². The number of hydrogen-bond donors (Lipinski definition) is 1. The Labute approximate surface area is 170 Å². The van der Waals surface area contributed by atoms with Gasteiger partial charge in [0.05, 0.1) is 13.1 Å². The van der Waals surface area contributed by atoms with E-state index >= 15 is 0 Å². The Bertz CT molecular complexity index is 708. The molecule has 0 aliphatic carbocycles. The summed E-state index contributed by atoms with van der Waals surface area (Å²) in [5.41, 5.74) is 0. The highest BCUT2D eigenvalue weighted by atomic mass is 127. The third-order valence-corrected chi connectivity index (χ3v) is 3.54. The molecule has 1 unspecified atom stereocenters. The van der Waals surface area contributed by atoms with Crippen LogP contribution in [0.4, 0.5) is 4.39 Å². The molecule has 2 rings (SSSR count). The van der Waals surface area contributed by atoms with E-state index in [9.17, 15) is 4.39 Å². The minimum atomic E-state index is -0.371. The summed E-state index contributed by atoms with van der Waals surface area (Å²) in [4.78, 5) is 10.8. The zero-order chi connectivity index (χ0) is 18.2. The highest BCUT2D eigenvalue weighted by Crippen LogP contribution is 2.17. The lowest BCUT2D eigenvalue weighted by Gasteiger charge is -2.22. The molecule has 26 heavy (non-hydrogen) atoms. The van der Waals surface area contributed by atoms with Gasteiger partial charge in [-0.25, -0.2) is 14.4 Å². The molecule has 0 amide bonds. The number of guanidine groups is 1. The van der Waals surface area contributed by atoms with E-state index in [0.29, 0.717) is 13.1 Å². The van der Waals surface area contributed by atoms with E-state index in [0.717, 1.165) is 18.3 Å². The Hall–Kier alpha value is -1.91. The third-order valence-electron chi connectivity index (χ3n) is 3.54. The van der Waals surface area contributed by atoms with Crippen molar-refractivity contribution in [3.63, 3.8) is 0 Å². The number of aryl methyl sites for hydroxylation is 1. The smallest absolute Gasteiger partial charge is 0.194 e. The maximum absolute atomic E-state index is 13.7. The summed E-state index contributed by atoms with van der Waals surface area (Å²) in [5, 5.41) is 7.30. The summed E-state index contributed by atoms with van der Waals surface area (Å²) in [7, 11) is 3.78. The summed E-state index contributed by atoms with van der Waals surface area (Å²) in [6.45, 7) is 5.59. The molecule has 0 saturated heterocycles. The Morgan fingerprint density at radius 3 is 2.77 bits per heavy atom. The largest absolute Gasteiger partial charge is 0.486 e. The van der Waals surface area contributed by atoms with Crippen LogP contribution in [0.3, 0.4) is 0 Å². The lowest BCUT2D eigenvalue weighted by atomic mass is 10.3. The van der Waals surface area contributed by atoms with Crippen LogP contribution >= 0.6 is 24.0 Å². The quantitative estimate of drug-likeness (QED) is 0.378. The molecular formula is C17H26FIN6O. The summed E-state index contributed by atoms with van der Waals surface area (Å²) in [5.74, 6) is 1.44. The molecule has 0 aliphatic rings. The van der Waals surface area contributed by atoms with Crippen LogP contribution < -0.4 is 10.1 Å². The average molecular weight is 476 g/mol. The van der Waals surface area contributed by atoms with Gasteiger partial charge < -0.3 is 15.0 Å². The number of aromatic nitrogens is 3. The van der Waals surface area contributed by atoms with Crippen LogP contribution in [0.1, 0.15) is 19.7 Å². The molecule has 1 N–H and O–H groups in total. The SMILES string of the molecule is CCNC(=NCC(C)Oc1ccccc1F)N(C)Cc1ncnn1C.I. The molecule has 1 atom stereocenters. The van der Waals surface area contributed by atoms with Gasteiger partial charge in [0.1, 0.15) is 18.3 Å². The van der Waals surface area contributed by atoms with Gasteiger partial charge in [-0.2, -0.15) is 5.10 Å². The Morgan fingerprint density at radius 1 is 1.42 bits per heavy atom. The van der Waals surface area contributed by atoms with Crippen molar-refractivity contribution in [1.29, 1.82) is 0 Å². The van der Waals surface area contributed by atoms with E-state index in [2.05, 4.69) is 20.4 Å². The summed E-state index contributed by atoms with van der Waals surface area (Å²) in [6, 6.07) is 6.37.